The molecule has 0 saturated heterocycles. The third kappa shape index (κ3) is 3.42. The van der Waals surface area contributed by atoms with Crippen molar-refractivity contribution >= 4 is 0 Å². The molecule has 2 rings (SSSR count). The lowest BCUT2D eigenvalue weighted by Gasteiger charge is -2.38. The van der Waals surface area contributed by atoms with Gasteiger partial charge in [0.25, 0.3) is 0 Å². The van der Waals surface area contributed by atoms with Crippen LogP contribution in [0.5, 0.6) is 5.75 Å². The molecule has 1 aliphatic rings. The molecule has 21 heavy (non-hydrogen) atoms. The molecular weight excluding hydrogens is 264 g/mol. The van der Waals surface area contributed by atoms with Crippen molar-refractivity contribution in [3.63, 3.8) is 0 Å². The van der Waals surface area contributed by atoms with Gasteiger partial charge in [-0.05, 0) is 49.9 Å². The molecule has 0 spiro atoms. The Morgan fingerprint density at radius 2 is 1.95 bits per heavy atom. The fraction of sp³-hybridized carbons (Fsp3) is 0.824. The molecule has 0 aliphatic heterocycles. The smallest absolute Gasteiger partial charge is 0.162 e. The van der Waals surface area contributed by atoms with Gasteiger partial charge in [-0.2, -0.15) is 5.10 Å². The summed E-state index contributed by atoms with van der Waals surface area (Å²) in [7, 11) is 1.64. The number of ether oxygens (including phenoxy) is 1. The van der Waals surface area contributed by atoms with E-state index in [1.807, 2.05) is 11.6 Å². The van der Waals surface area contributed by atoms with Crippen molar-refractivity contribution in [3.05, 3.63) is 11.9 Å². The first-order valence-corrected chi connectivity index (χ1v) is 8.16. The minimum Gasteiger partial charge on any atom is -0.493 e. The van der Waals surface area contributed by atoms with E-state index >= 15 is 0 Å². The van der Waals surface area contributed by atoms with Crippen molar-refractivity contribution in [3.8, 4) is 5.75 Å². The Morgan fingerprint density at radius 1 is 1.33 bits per heavy atom. The first kappa shape index (κ1) is 16.3. The van der Waals surface area contributed by atoms with Gasteiger partial charge in [-0.25, -0.2) is 0 Å². The molecule has 4 nitrogen and oxygen atoms in total. The number of aryl methyl sites for hydroxylation is 1. The van der Waals surface area contributed by atoms with Gasteiger partial charge in [-0.1, -0.05) is 20.8 Å². The molecule has 1 fully saturated rings. The predicted molar refractivity (Wildman–Crippen MR) is 84.3 cm³/mol. The lowest BCUT2D eigenvalue weighted by atomic mass is 9.68. The lowest BCUT2D eigenvalue weighted by molar-refractivity contribution is 0.0457. The van der Waals surface area contributed by atoms with Crippen LogP contribution in [0.1, 0.15) is 65.2 Å². The molecule has 1 saturated carbocycles. The number of nitrogens with zero attached hydrogens (tertiary/aromatic N) is 2. The number of aliphatic hydroxyl groups is 1. The molecular formula is C17H30N2O2. The van der Waals surface area contributed by atoms with Gasteiger partial charge >= 0.3 is 0 Å². The van der Waals surface area contributed by atoms with E-state index in [4.69, 9.17) is 4.74 Å². The summed E-state index contributed by atoms with van der Waals surface area (Å²) in [5.74, 6) is 1.79. The van der Waals surface area contributed by atoms with Gasteiger partial charge < -0.3 is 9.84 Å². The zero-order valence-corrected chi connectivity index (χ0v) is 14.1. The van der Waals surface area contributed by atoms with Crippen LogP contribution < -0.4 is 4.74 Å². The molecule has 1 unspecified atom stereocenters. The van der Waals surface area contributed by atoms with E-state index in [1.54, 1.807) is 13.3 Å². The van der Waals surface area contributed by atoms with Crippen molar-refractivity contribution < 1.29 is 9.84 Å². The highest BCUT2D eigenvalue weighted by molar-refractivity contribution is 5.27. The summed E-state index contributed by atoms with van der Waals surface area (Å²) < 4.78 is 7.23. The third-order valence-corrected chi connectivity index (χ3v) is 5.09. The van der Waals surface area contributed by atoms with Crippen LogP contribution in [0.4, 0.5) is 0 Å². The molecule has 120 valence electrons. The fourth-order valence-electron chi connectivity index (χ4n) is 3.61. The first-order valence-electron chi connectivity index (χ1n) is 8.16. The van der Waals surface area contributed by atoms with E-state index in [0.717, 1.165) is 31.0 Å². The average molecular weight is 294 g/mol. The summed E-state index contributed by atoms with van der Waals surface area (Å²) in [5, 5.41) is 15.1. The van der Waals surface area contributed by atoms with Crippen LogP contribution in [0.25, 0.3) is 0 Å². The SMILES string of the molecule is CCn1ncc(OC)c1C(O)C1CCC(C(C)(C)C)CC1. The number of rotatable bonds is 4. The zero-order chi connectivity index (χ0) is 15.6. The van der Waals surface area contributed by atoms with Gasteiger partial charge in [0.1, 0.15) is 11.8 Å². The number of methoxy groups -OCH3 is 1. The normalized spacial score (nSPS) is 24.9. The summed E-state index contributed by atoms with van der Waals surface area (Å²) in [5.41, 5.74) is 1.22. The second kappa shape index (κ2) is 6.39. The minimum atomic E-state index is -0.469. The summed E-state index contributed by atoms with van der Waals surface area (Å²) in [6.07, 6.45) is 5.82. The van der Waals surface area contributed by atoms with E-state index in [-0.39, 0.29) is 0 Å². The standard InChI is InChI=1S/C17H30N2O2/c1-6-19-15(14(21-5)11-18-19)16(20)12-7-9-13(10-8-12)17(2,3)4/h11-13,16,20H,6-10H2,1-5H3. The largest absolute Gasteiger partial charge is 0.493 e. The molecule has 1 aromatic rings. The molecule has 0 bridgehead atoms. The van der Waals surface area contributed by atoms with Crippen molar-refractivity contribution in [1.82, 2.24) is 9.78 Å². The van der Waals surface area contributed by atoms with Crippen molar-refractivity contribution in [2.24, 2.45) is 17.3 Å². The maximum Gasteiger partial charge on any atom is 0.162 e. The van der Waals surface area contributed by atoms with E-state index in [9.17, 15) is 5.11 Å². The van der Waals surface area contributed by atoms with Crippen LogP contribution in [0, 0.1) is 17.3 Å². The summed E-state index contributed by atoms with van der Waals surface area (Å²) in [6, 6.07) is 0. The monoisotopic (exact) mass is 294 g/mol. The van der Waals surface area contributed by atoms with Crippen molar-refractivity contribution in [2.45, 2.75) is 66.0 Å². The highest BCUT2D eigenvalue weighted by Crippen LogP contribution is 2.44. The highest BCUT2D eigenvalue weighted by atomic mass is 16.5. The Labute approximate surface area is 128 Å². The number of aliphatic hydroxyl groups excluding tert-OH is 1. The van der Waals surface area contributed by atoms with Gasteiger partial charge in [-0.15, -0.1) is 0 Å². The zero-order valence-electron chi connectivity index (χ0n) is 14.1. The Hall–Kier alpha value is -1.03. The molecule has 4 heteroatoms. The number of hydrogen-bond donors (Lipinski definition) is 1. The van der Waals surface area contributed by atoms with Crippen molar-refractivity contribution in [2.75, 3.05) is 7.11 Å². The van der Waals surface area contributed by atoms with Gasteiger partial charge in [0.2, 0.25) is 0 Å². The van der Waals surface area contributed by atoms with Crippen LogP contribution in [0.3, 0.4) is 0 Å². The van der Waals surface area contributed by atoms with Crippen molar-refractivity contribution in [1.29, 1.82) is 0 Å². The lowest BCUT2D eigenvalue weighted by Crippen LogP contribution is -2.28. The fourth-order valence-corrected chi connectivity index (χ4v) is 3.61. The molecule has 0 radical (unpaired) electrons. The number of hydrogen-bond acceptors (Lipinski definition) is 3. The van der Waals surface area contributed by atoms with E-state index in [1.165, 1.54) is 12.8 Å². The Morgan fingerprint density at radius 3 is 2.43 bits per heavy atom. The van der Waals surface area contributed by atoms with Gasteiger partial charge in [0.15, 0.2) is 5.75 Å². The Balaban J connectivity index is 2.08. The van der Waals surface area contributed by atoms with E-state index < -0.39 is 6.10 Å². The van der Waals surface area contributed by atoms with Crippen LogP contribution in [0.2, 0.25) is 0 Å². The molecule has 1 aromatic heterocycles. The topological polar surface area (TPSA) is 47.3 Å². The summed E-state index contributed by atoms with van der Waals surface area (Å²) in [4.78, 5) is 0. The quantitative estimate of drug-likeness (QED) is 0.919. The second-order valence-corrected chi connectivity index (χ2v) is 7.34. The summed E-state index contributed by atoms with van der Waals surface area (Å²) in [6.45, 7) is 9.77. The van der Waals surface area contributed by atoms with E-state index in [2.05, 4.69) is 25.9 Å². The summed E-state index contributed by atoms with van der Waals surface area (Å²) >= 11 is 0. The molecule has 1 N–H and O–H groups in total. The Kier molecular flexibility index (Phi) is 4.97. The van der Waals surface area contributed by atoms with Crippen LogP contribution >= 0.6 is 0 Å². The van der Waals surface area contributed by atoms with Gasteiger partial charge in [-0.3, -0.25) is 4.68 Å². The maximum atomic E-state index is 10.8. The van der Waals surface area contributed by atoms with Crippen LogP contribution in [-0.4, -0.2) is 22.0 Å². The third-order valence-electron chi connectivity index (χ3n) is 5.09. The number of aromatic nitrogens is 2. The Bertz CT molecular complexity index is 432. The molecule has 1 heterocycles. The van der Waals surface area contributed by atoms with Gasteiger partial charge in [0.05, 0.1) is 13.3 Å². The minimum absolute atomic E-state index is 0.319. The van der Waals surface area contributed by atoms with Crippen LogP contribution in [-0.2, 0) is 6.54 Å². The first-order chi connectivity index (χ1) is 9.88. The van der Waals surface area contributed by atoms with E-state index in [0.29, 0.717) is 17.1 Å². The molecule has 0 aromatic carbocycles. The predicted octanol–water partition coefficient (Wildman–Crippen LogP) is 3.80. The molecule has 1 atom stereocenters. The molecule has 0 amide bonds. The highest BCUT2D eigenvalue weighted by Gasteiger charge is 2.34. The second-order valence-electron chi connectivity index (χ2n) is 7.34. The maximum absolute atomic E-state index is 10.8. The average Bonchev–Trinajstić information content (AvgIpc) is 2.88. The van der Waals surface area contributed by atoms with Crippen LogP contribution in [0.15, 0.2) is 6.20 Å². The molecule has 1 aliphatic carbocycles. The van der Waals surface area contributed by atoms with Gasteiger partial charge in [0, 0.05) is 6.54 Å².